The van der Waals surface area contributed by atoms with Gasteiger partial charge in [-0.3, -0.25) is 4.90 Å². The van der Waals surface area contributed by atoms with Crippen LogP contribution in [0, 0.1) is 0 Å². The highest BCUT2D eigenvalue weighted by Gasteiger charge is 2.37. The van der Waals surface area contributed by atoms with Crippen LogP contribution in [0.5, 0.6) is 0 Å². The van der Waals surface area contributed by atoms with Crippen molar-refractivity contribution in [3.8, 4) is 0 Å². The maximum Gasteiger partial charge on any atom is 0.350 e. The molecule has 96 valence electrons. The minimum Gasteiger partial charge on any atom is -0.550 e. The van der Waals surface area contributed by atoms with Crippen molar-refractivity contribution in [3.63, 3.8) is 0 Å². The number of hydrogen-bond donors (Lipinski definition) is 0. The number of aliphatic carboxylic acids is 1. The van der Waals surface area contributed by atoms with Crippen LogP contribution in [-0.4, -0.2) is 30.3 Å². The van der Waals surface area contributed by atoms with Gasteiger partial charge in [0.25, 0.3) is 0 Å². The van der Waals surface area contributed by atoms with Gasteiger partial charge in [-0.1, -0.05) is 11.6 Å². The summed E-state index contributed by atoms with van der Waals surface area (Å²) in [5.74, 6) is -1.29. The van der Waals surface area contributed by atoms with Gasteiger partial charge in [-0.2, -0.15) is 0 Å². The van der Waals surface area contributed by atoms with E-state index in [1.54, 1.807) is 24.3 Å². The monoisotopic (exact) mass is 269 g/mol. The second-order valence-electron chi connectivity index (χ2n) is 3.76. The van der Waals surface area contributed by atoms with Crippen LogP contribution in [0.1, 0.15) is 6.42 Å². The lowest BCUT2D eigenvalue weighted by Crippen LogP contribution is -2.38. The second kappa shape index (κ2) is 4.83. The van der Waals surface area contributed by atoms with Gasteiger partial charge in [0.2, 0.25) is 0 Å². The van der Waals surface area contributed by atoms with E-state index in [2.05, 4.69) is 0 Å². The molecule has 2 rings (SSSR count). The fraction of sp³-hybridized carbons (Fsp3) is 0.273. The average molecular weight is 270 g/mol. The minimum absolute atomic E-state index is 0.404. The summed E-state index contributed by atoms with van der Waals surface area (Å²) in [5.41, 5.74) is 0.514. The molecule has 7 heteroatoms. The molecule has 1 saturated heterocycles. The maximum absolute atomic E-state index is 11.9. The van der Waals surface area contributed by atoms with E-state index in [0.717, 1.165) is 5.06 Å². The van der Waals surface area contributed by atoms with E-state index in [4.69, 9.17) is 16.4 Å². The van der Waals surface area contributed by atoms with Crippen LogP contribution in [0.4, 0.5) is 10.5 Å². The third kappa shape index (κ3) is 2.39. The molecule has 2 amide bonds. The Hall–Kier alpha value is -1.79. The normalized spacial score (nSPS) is 19.4. The quantitative estimate of drug-likeness (QED) is 0.806. The van der Waals surface area contributed by atoms with Crippen LogP contribution >= 0.6 is 11.6 Å². The van der Waals surface area contributed by atoms with E-state index in [1.807, 2.05) is 0 Å². The van der Waals surface area contributed by atoms with Gasteiger partial charge in [0.05, 0.1) is 0 Å². The number of halogens is 1. The molecule has 1 atom stereocenters. The lowest BCUT2D eigenvalue weighted by atomic mass is 10.2. The minimum atomic E-state index is -1.29. The van der Waals surface area contributed by atoms with Crippen molar-refractivity contribution in [2.45, 2.75) is 12.6 Å². The molecule has 18 heavy (non-hydrogen) atoms. The summed E-state index contributed by atoms with van der Waals surface area (Å²) in [6.07, 6.45) is -1.31. The van der Waals surface area contributed by atoms with Crippen LogP contribution in [-0.2, 0) is 9.63 Å². The fourth-order valence-electron chi connectivity index (χ4n) is 1.70. The summed E-state index contributed by atoms with van der Waals surface area (Å²) in [6.45, 7) is 0. The van der Waals surface area contributed by atoms with Crippen LogP contribution in [0.15, 0.2) is 24.3 Å². The molecule has 0 aromatic heterocycles. The summed E-state index contributed by atoms with van der Waals surface area (Å²) in [7, 11) is 1.42. The van der Waals surface area contributed by atoms with Crippen molar-refractivity contribution in [2.24, 2.45) is 0 Å². The van der Waals surface area contributed by atoms with Crippen LogP contribution in [0.2, 0.25) is 5.02 Å². The summed E-state index contributed by atoms with van der Waals surface area (Å²) < 4.78 is 0. The van der Waals surface area contributed by atoms with Gasteiger partial charge in [0, 0.05) is 30.1 Å². The van der Waals surface area contributed by atoms with Gasteiger partial charge >= 0.3 is 6.03 Å². The smallest absolute Gasteiger partial charge is 0.350 e. The molecule has 1 aliphatic heterocycles. The number of rotatable bonds is 3. The highest BCUT2D eigenvalue weighted by Crippen LogP contribution is 2.27. The van der Waals surface area contributed by atoms with Gasteiger partial charge in [-0.05, 0) is 24.3 Å². The van der Waals surface area contributed by atoms with Crippen LogP contribution in [0.25, 0.3) is 0 Å². The number of carboxylic acid groups (broad SMARTS) is 1. The van der Waals surface area contributed by atoms with Crippen molar-refractivity contribution in [1.82, 2.24) is 5.06 Å². The Balaban J connectivity index is 2.29. The van der Waals surface area contributed by atoms with Crippen molar-refractivity contribution < 1.29 is 19.5 Å². The number of hydroxylamine groups is 2. The molecule has 0 saturated carbocycles. The highest BCUT2D eigenvalue weighted by atomic mass is 35.5. The Bertz CT molecular complexity index is 476. The molecule has 1 fully saturated rings. The Morgan fingerprint density at radius 2 is 2.06 bits per heavy atom. The molecule has 0 N–H and O–H groups in total. The Morgan fingerprint density at radius 1 is 1.44 bits per heavy atom. The summed E-state index contributed by atoms with van der Waals surface area (Å²) in [6, 6.07) is 6.01. The predicted molar refractivity (Wildman–Crippen MR) is 61.6 cm³/mol. The first kappa shape index (κ1) is 12.7. The fourth-order valence-corrected chi connectivity index (χ4v) is 1.83. The van der Waals surface area contributed by atoms with E-state index >= 15 is 0 Å². The van der Waals surface area contributed by atoms with E-state index in [-0.39, 0.29) is 0 Å². The first-order valence-electron chi connectivity index (χ1n) is 5.18. The average Bonchev–Trinajstić information content (AvgIpc) is 2.55. The van der Waals surface area contributed by atoms with E-state index in [0.29, 0.717) is 10.7 Å². The number of carbonyl (C=O) groups excluding carboxylic acids is 2. The SMILES string of the molecule is CN1O[C@H](CC(=O)[O-])N(c2ccc(Cl)cc2)C1=O. The summed E-state index contributed by atoms with van der Waals surface area (Å²) in [4.78, 5) is 28.9. The maximum atomic E-state index is 11.9. The second-order valence-corrected chi connectivity index (χ2v) is 4.20. The van der Waals surface area contributed by atoms with Crippen LogP contribution < -0.4 is 10.0 Å². The Kier molecular flexibility index (Phi) is 3.40. The lowest BCUT2D eigenvalue weighted by Gasteiger charge is -2.21. The zero-order valence-electron chi connectivity index (χ0n) is 9.50. The lowest BCUT2D eigenvalue weighted by molar-refractivity contribution is -0.308. The molecule has 1 heterocycles. The molecule has 1 aliphatic rings. The number of carboxylic acids is 1. The Morgan fingerprint density at radius 3 is 2.61 bits per heavy atom. The van der Waals surface area contributed by atoms with Crippen molar-refractivity contribution in [3.05, 3.63) is 29.3 Å². The van der Waals surface area contributed by atoms with Gasteiger partial charge in [0.1, 0.15) is 0 Å². The highest BCUT2D eigenvalue weighted by molar-refractivity contribution is 6.30. The number of benzene rings is 1. The zero-order valence-corrected chi connectivity index (χ0v) is 10.3. The number of amides is 2. The number of carbonyl (C=O) groups is 2. The molecule has 1 aromatic carbocycles. The Labute approximate surface area is 108 Å². The van der Waals surface area contributed by atoms with E-state index in [1.165, 1.54) is 11.9 Å². The first-order valence-corrected chi connectivity index (χ1v) is 5.56. The predicted octanol–water partition coefficient (Wildman–Crippen LogP) is 0.610. The largest absolute Gasteiger partial charge is 0.550 e. The molecule has 0 unspecified atom stereocenters. The summed E-state index contributed by atoms with van der Waals surface area (Å²) >= 11 is 5.75. The van der Waals surface area contributed by atoms with Crippen molar-refractivity contribution >= 4 is 29.3 Å². The topological polar surface area (TPSA) is 72.9 Å². The van der Waals surface area contributed by atoms with Gasteiger partial charge < -0.3 is 9.90 Å². The van der Waals surface area contributed by atoms with Gasteiger partial charge in [-0.25, -0.2) is 14.7 Å². The van der Waals surface area contributed by atoms with Gasteiger partial charge in [0.15, 0.2) is 6.23 Å². The first-order chi connectivity index (χ1) is 8.49. The molecule has 0 spiro atoms. The number of urea groups is 1. The molecule has 0 aliphatic carbocycles. The number of anilines is 1. The number of nitrogens with zero attached hydrogens (tertiary/aromatic N) is 2. The van der Waals surface area contributed by atoms with E-state index < -0.39 is 24.6 Å². The number of hydrogen-bond acceptors (Lipinski definition) is 4. The molecule has 0 bridgehead atoms. The molecule has 0 radical (unpaired) electrons. The molecule has 6 nitrogen and oxygen atoms in total. The molecule has 1 aromatic rings. The summed E-state index contributed by atoms with van der Waals surface area (Å²) in [5, 5.41) is 12.1. The molecular formula is C11H10ClN2O4-. The standard InChI is InChI=1S/C11H11ClN2O4/c1-13-11(17)14(9(18-13)6-10(15)16)8-4-2-7(12)3-5-8/h2-5,9H,6H2,1H3,(H,15,16)/p-1/t9-/m1/s1. The zero-order chi connectivity index (χ0) is 13.3. The van der Waals surface area contributed by atoms with E-state index in [9.17, 15) is 14.7 Å². The van der Waals surface area contributed by atoms with Crippen molar-refractivity contribution in [1.29, 1.82) is 0 Å². The van der Waals surface area contributed by atoms with Gasteiger partial charge in [-0.15, -0.1) is 0 Å². The third-order valence-electron chi connectivity index (χ3n) is 2.49. The molecular weight excluding hydrogens is 260 g/mol. The van der Waals surface area contributed by atoms with Crippen molar-refractivity contribution in [2.75, 3.05) is 11.9 Å². The van der Waals surface area contributed by atoms with Crippen LogP contribution in [0.3, 0.4) is 0 Å². The third-order valence-corrected chi connectivity index (χ3v) is 2.74.